The van der Waals surface area contributed by atoms with E-state index >= 15 is 0 Å². The van der Waals surface area contributed by atoms with Gasteiger partial charge in [0, 0.05) is 26.2 Å². The Morgan fingerprint density at radius 3 is 2.88 bits per heavy atom. The van der Waals surface area contributed by atoms with Crippen LogP contribution in [0.3, 0.4) is 0 Å². The zero-order valence-electron chi connectivity index (χ0n) is 9.56. The number of ether oxygens (including phenoxy) is 2. The van der Waals surface area contributed by atoms with Crippen LogP contribution in [0.4, 0.5) is 0 Å². The van der Waals surface area contributed by atoms with Gasteiger partial charge < -0.3 is 13.9 Å². The Balaban J connectivity index is 2.26. The molecule has 1 aromatic rings. The zero-order chi connectivity index (χ0) is 11.8. The fourth-order valence-electron chi connectivity index (χ4n) is 1.12. The third kappa shape index (κ3) is 4.79. The number of rotatable bonds is 6. The summed E-state index contributed by atoms with van der Waals surface area (Å²) in [6.45, 7) is 2.81. The van der Waals surface area contributed by atoms with Crippen molar-refractivity contribution in [3.05, 3.63) is 29.7 Å². The van der Waals surface area contributed by atoms with Crippen molar-refractivity contribution in [1.82, 2.24) is 0 Å². The first-order chi connectivity index (χ1) is 7.72. The highest BCUT2D eigenvalue weighted by atomic mass is 16.5. The van der Waals surface area contributed by atoms with Crippen LogP contribution in [0.25, 0.3) is 6.08 Å². The van der Waals surface area contributed by atoms with Crippen molar-refractivity contribution >= 4 is 12.0 Å². The molecule has 0 aliphatic carbocycles. The van der Waals surface area contributed by atoms with Crippen LogP contribution in [0.15, 0.2) is 22.6 Å². The molecule has 0 atom stereocenters. The lowest BCUT2D eigenvalue weighted by molar-refractivity contribution is -0.138. The first-order valence-electron chi connectivity index (χ1n) is 5.12. The molecule has 16 heavy (non-hydrogen) atoms. The largest absolute Gasteiger partial charge is 0.462 e. The second-order valence-corrected chi connectivity index (χ2v) is 3.30. The molecular formula is C12H16O4. The summed E-state index contributed by atoms with van der Waals surface area (Å²) in [5.74, 6) is 1.09. The average molecular weight is 224 g/mol. The molecule has 4 heteroatoms. The number of aryl methyl sites for hydroxylation is 1. The zero-order valence-corrected chi connectivity index (χ0v) is 9.56. The van der Waals surface area contributed by atoms with Crippen LogP contribution in [0.2, 0.25) is 0 Å². The Morgan fingerprint density at radius 1 is 1.44 bits per heavy atom. The van der Waals surface area contributed by atoms with Crippen LogP contribution >= 0.6 is 0 Å². The lowest BCUT2D eigenvalue weighted by atomic mass is 10.4. The smallest absolute Gasteiger partial charge is 0.330 e. The van der Waals surface area contributed by atoms with E-state index in [1.807, 2.05) is 13.0 Å². The van der Waals surface area contributed by atoms with Gasteiger partial charge in [0.15, 0.2) is 0 Å². The summed E-state index contributed by atoms with van der Waals surface area (Å²) in [7, 11) is 1.61. The maximum atomic E-state index is 11.2. The number of furan rings is 1. The molecule has 1 aromatic heterocycles. The highest BCUT2D eigenvalue weighted by Crippen LogP contribution is 2.07. The first kappa shape index (κ1) is 12.5. The number of carbonyl (C=O) groups excluding carboxylic acids is 1. The predicted octanol–water partition coefficient (Wildman–Crippen LogP) is 2.18. The van der Waals surface area contributed by atoms with Crippen LogP contribution < -0.4 is 0 Å². The molecule has 0 amide bonds. The molecule has 0 N–H and O–H groups in total. The van der Waals surface area contributed by atoms with Gasteiger partial charge in [-0.25, -0.2) is 4.79 Å². The Morgan fingerprint density at radius 2 is 2.25 bits per heavy atom. The van der Waals surface area contributed by atoms with Crippen molar-refractivity contribution in [2.45, 2.75) is 13.3 Å². The van der Waals surface area contributed by atoms with E-state index in [2.05, 4.69) is 0 Å². The Kier molecular flexibility index (Phi) is 5.36. The predicted molar refractivity (Wildman–Crippen MR) is 59.9 cm³/mol. The fourth-order valence-corrected chi connectivity index (χ4v) is 1.12. The minimum Gasteiger partial charge on any atom is -0.462 e. The number of hydrogen-bond donors (Lipinski definition) is 0. The summed E-state index contributed by atoms with van der Waals surface area (Å²) in [5, 5.41) is 0. The molecule has 0 unspecified atom stereocenters. The van der Waals surface area contributed by atoms with E-state index in [4.69, 9.17) is 13.9 Å². The van der Waals surface area contributed by atoms with Crippen molar-refractivity contribution in [1.29, 1.82) is 0 Å². The molecule has 88 valence electrons. The molecule has 0 fully saturated rings. The van der Waals surface area contributed by atoms with Crippen molar-refractivity contribution < 1.29 is 18.7 Å². The van der Waals surface area contributed by atoms with E-state index in [1.165, 1.54) is 6.08 Å². The fraction of sp³-hybridized carbons (Fsp3) is 0.417. The van der Waals surface area contributed by atoms with Crippen LogP contribution in [0.1, 0.15) is 17.9 Å². The van der Waals surface area contributed by atoms with Crippen LogP contribution in [-0.2, 0) is 14.3 Å². The van der Waals surface area contributed by atoms with Crippen molar-refractivity contribution in [3.63, 3.8) is 0 Å². The van der Waals surface area contributed by atoms with Gasteiger partial charge in [0.25, 0.3) is 0 Å². The summed E-state index contributed by atoms with van der Waals surface area (Å²) in [5.41, 5.74) is 0. The summed E-state index contributed by atoms with van der Waals surface area (Å²) < 4.78 is 15.0. The standard InChI is InChI=1S/C12H16O4/c1-10-4-5-11(16-10)6-7-12(13)15-9-3-8-14-2/h4-7H,3,8-9H2,1-2H3/b7-6+. The molecule has 0 aliphatic rings. The average Bonchev–Trinajstić information content (AvgIpc) is 2.68. The van der Waals surface area contributed by atoms with E-state index in [9.17, 15) is 4.79 Å². The number of hydrogen-bond acceptors (Lipinski definition) is 4. The Hall–Kier alpha value is -1.55. The second kappa shape index (κ2) is 6.85. The van der Waals surface area contributed by atoms with E-state index < -0.39 is 0 Å². The maximum Gasteiger partial charge on any atom is 0.330 e. The molecule has 0 radical (unpaired) electrons. The van der Waals surface area contributed by atoms with Gasteiger partial charge in [0.05, 0.1) is 6.61 Å². The van der Waals surface area contributed by atoms with Gasteiger partial charge in [-0.15, -0.1) is 0 Å². The molecule has 0 aromatic carbocycles. The van der Waals surface area contributed by atoms with E-state index in [-0.39, 0.29) is 5.97 Å². The van der Waals surface area contributed by atoms with Crippen molar-refractivity contribution in [3.8, 4) is 0 Å². The van der Waals surface area contributed by atoms with Crippen LogP contribution in [-0.4, -0.2) is 26.3 Å². The summed E-state index contributed by atoms with van der Waals surface area (Å²) in [4.78, 5) is 11.2. The van der Waals surface area contributed by atoms with Gasteiger partial charge in [-0.3, -0.25) is 0 Å². The van der Waals surface area contributed by atoms with Crippen molar-refractivity contribution in [2.24, 2.45) is 0 Å². The molecule has 0 saturated carbocycles. The normalized spacial score (nSPS) is 10.9. The van der Waals surface area contributed by atoms with Gasteiger partial charge in [-0.1, -0.05) is 0 Å². The molecule has 0 saturated heterocycles. The minimum atomic E-state index is -0.370. The highest BCUT2D eigenvalue weighted by molar-refractivity contribution is 5.86. The lowest BCUT2D eigenvalue weighted by Gasteiger charge is -2.00. The second-order valence-electron chi connectivity index (χ2n) is 3.30. The molecular weight excluding hydrogens is 208 g/mol. The van der Waals surface area contributed by atoms with E-state index in [1.54, 1.807) is 19.3 Å². The van der Waals surface area contributed by atoms with Gasteiger partial charge in [-0.2, -0.15) is 0 Å². The quantitative estimate of drug-likeness (QED) is 0.422. The molecule has 0 aliphatic heterocycles. The molecule has 1 heterocycles. The van der Waals surface area contributed by atoms with Gasteiger partial charge in [0.2, 0.25) is 0 Å². The minimum absolute atomic E-state index is 0.369. The third-order valence-electron chi connectivity index (χ3n) is 1.88. The van der Waals surface area contributed by atoms with E-state index in [0.29, 0.717) is 25.4 Å². The highest BCUT2D eigenvalue weighted by Gasteiger charge is 1.98. The monoisotopic (exact) mass is 224 g/mol. The third-order valence-corrected chi connectivity index (χ3v) is 1.88. The van der Waals surface area contributed by atoms with Gasteiger partial charge in [-0.05, 0) is 25.1 Å². The maximum absolute atomic E-state index is 11.2. The molecule has 0 spiro atoms. The first-order valence-corrected chi connectivity index (χ1v) is 5.12. The Bertz CT molecular complexity index is 352. The SMILES string of the molecule is COCCCOC(=O)/C=C/c1ccc(C)o1. The summed E-state index contributed by atoms with van der Waals surface area (Å²) in [6, 6.07) is 3.63. The van der Waals surface area contributed by atoms with E-state index in [0.717, 1.165) is 5.76 Å². The van der Waals surface area contributed by atoms with Crippen LogP contribution in [0, 0.1) is 6.92 Å². The van der Waals surface area contributed by atoms with Gasteiger partial charge in [0.1, 0.15) is 11.5 Å². The molecule has 0 bridgehead atoms. The topological polar surface area (TPSA) is 48.7 Å². The lowest BCUT2D eigenvalue weighted by Crippen LogP contribution is -2.04. The van der Waals surface area contributed by atoms with Crippen LogP contribution in [0.5, 0.6) is 0 Å². The summed E-state index contributed by atoms with van der Waals surface area (Å²) >= 11 is 0. The number of esters is 1. The van der Waals surface area contributed by atoms with Crippen molar-refractivity contribution in [2.75, 3.05) is 20.3 Å². The summed E-state index contributed by atoms with van der Waals surface area (Å²) in [6.07, 6.45) is 3.65. The molecule has 4 nitrogen and oxygen atoms in total. The Labute approximate surface area is 94.8 Å². The molecule has 1 rings (SSSR count). The van der Waals surface area contributed by atoms with Gasteiger partial charge >= 0.3 is 5.97 Å². The number of carbonyl (C=O) groups is 1. The number of methoxy groups -OCH3 is 1.